The molecule has 2 aromatic rings. The zero-order chi connectivity index (χ0) is 24.8. The monoisotopic (exact) mass is 475 g/mol. The van der Waals surface area contributed by atoms with Crippen molar-refractivity contribution < 1.29 is 28.6 Å². The number of rotatable bonds is 7. The highest BCUT2D eigenvalue weighted by Gasteiger charge is 2.30. The molecule has 0 bridgehead atoms. The van der Waals surface area contributed by atoms with Gasteiger partial charge in [0.1, 0.15) is 16.9 Å². The molecule has 0 saturated carbocycles. The van der Waals surface area contributed by atoms with Crippen LogP contribution in [0.2, 0.25) is 0 Å². The van der Waals surface area contributed by atoms with Crippen molar-refractivity contribution in [3.05, 3.63) is 27.7 Å². The third kappa shape index (κ3) is 4.80. The Kier molecular flexibility index (Phi) is 8.03. The molecule has 3 heterocycles. The molecule has 1 aliphatic heterocycles. The Morgan fingerprint density at radius 2 is 1.53 bits per heavy atom. The summed E-state index contributed by atoms with van der Waals surface area (Å²) in [6.45, 7) is 9.19. The summed E-state index contributed by atoms with van der Waals surface area (Å²) < 4.78 is 16.7. The van der Waals surface area contributed by atoms with Crippen LogP contribution in [0.4, 0.5) is 10.7 Å². The number of aromatic nitrogens is 3. The lowest BCUT2D eigenvalue weighted by molar-refractivity contribution is 0.0467. The molecule has 0 spiro atoms. The van der Waals surface area contributed by atoms with Crippen LogP contribution in [0.5, 0.6) is 0 Å². The van der Waals surface area contributed by atoms with E-state index in [9.17, 15) is 19.2 Å². The van der Waals surface area contributed by atoms with Gasteiger partial charge in [-0.2, -0.15) is 4.98 Å². The quantitative estimate of drug-likeness (QED) is 0.428. The van der Waals surface area contributed by atoms with Gasteiger partial charge in [-0.3, -0.25) is 4.79 Å². The standard InChI is InChI=1S/C22H29N5O7/c1-5-27-16(20(30)33-7-3)15(19(29)32-6-2)17(28)14-13-23-21(24-18(14)27)25-9-11-26(12-10-25)22(31)34-8-4/h13H,5-12H2,1-4H3. The summed E-state index contributed by atoms with van der Waals surface area (Å²) in [6, 6.07) is 0. The van der Waals surface area contributed by atoms with E-state index in [-0.39, 0.29) is 42.6 Å². The molecule has 1 saturated heterocycles. The number of amides is 1. The second-order valence-electron chi connectivity index (χ2n) is 7.32. The summed E-state index contributed by atoms with van der Waals surface area (Å²) >= 11 is 0. The van der Waals surface area contributed by atoms with Gasteiger partial charge in [-0.25, -0.2) is 19.4 Å². The van der Waals surface area contributed by atoms with E-state index in [0.717, 1.165) is 0 Å². The van der Waals surface area contributed by atoms with Crippen molar-refractivity contribution in [2.45, 2.75) is 34.2 Å². The number of carbonyl (C=O) groups is 3. The van der Waals surface area contributed by atoms with Gasteiger partial charge >= 0.3 is 18.0 Å². The van der Waals surface area contributed by atoms with Gasteiger partial charge in [-0.05, 0) is 27.7 Å². The number of pyridine rings is 1. The summed E-state index contributed by atoms with van der Waals surface area (Å²) in [5.74, 6) is -1.37. The first kappa shape index (κ1) is 24.9. The van der Waals surface area contributed by atoms with Gasteiger partial charge < -0.3 is 28.6 Å². The van der Waals surface area contributed by atoms with E-state index in [1.54, 1.807) is 32.6 Å². The maximum Gasteiger partial charge on any atom is 0.409 e. The summed E-state index contributed by atoms with van der Waals surface area (Å²) in [6.07, 6.45) is 0.980. The second-order valence-corrected chi connectivity index (χ2v) is 7.32. The topological polar surface area (TPSA) is 133 Å². The van der Waals surface area contributed by atoms with E-state index in [0.29, 0.717) is 38.7 Å². The maximum absolute atomic E-state index is 13.2. The van der Waals surface area contributed by atoms with Crippen LogP contribution in [-0.2, 0) is 20.8 Å². The number of nitrogens with zero attached hydrogens (tertiary/aromatic N) is 5. The smallest absolute Gasteiger partial charge is 0.409 e. The maximum atomic E-state index is 13.2. The van der Waals surface area contributed by atoms with E-state index in [4.69, 9.17) is 14.2 Å². The van der Waals surface area contributed by atoms with Crippen LogP contribution in [0.15, 0.2) is 11.0 Å². The fraction of sp³-hybridized carbons (Fsp3) is 0.545. The van der Waals surface area contributed by atoms with Gasteiger partial charge in [0.2, 0.25) is 11.4 Å². The third-order valence-electron chi connectivity index (χ3n) is 5.34. The minimum absolute atomic E-state index is 0.0396. The molecule has 1 fully saturated rings. The predicted molar refractivity (Wildman–Crippen MR) is 122 cm³/mol. The Hall–Kier alpha value is -3.70. The molecule has 1 aliphatic rings. The first-order valence-corrected chi connectivity index (χ1v) is 11.3. The van der Waals surface area contributed by atoms with Crippen LogP contribution < -0.4 is 10.3 Å². The van der Waals surface area contributed by atoms with Gasteiger partial charge in [0.05, 0.1) is 25.2 Å². The highest BCUT2D eigenvalue weighted by molar-refractivity contribution is 6.04. The minimum Gasteiger partial charge on any atom is -0.462 e. The van der Waals surface area contributed by atoms with E-state index in [1.165, 1.54) is 10.8 Å². The van der Waals surface area contributed by atoms with Crippen molar-refractivity contribution in [1.82, 2.24) is 19.4 Å². The number of hydrogen-bond donors (Lipinski definition) is 0. The molecule has 0 unspecified atom stereocenters. The van der Waals surface area contributed by atoms with Gasteiger partial charge in [0.25, 0.3) is 0 Å². The van der Waals surface area contributed by atoms with E-state index in [1.807, 2.05) is 4.90 Å². The predicted octanol–water partition coefficient (Wildman–Crippen LogP) is 1.44. The fourth-order valence-corrected chi connectivity index (χ4v) is 3.78. The van der Waals surface area contributed by atoms with Crippen LogP contribution in [0.3, 0.4) is 0 Å². The van der Waals surface area contributed by atoms with Gasteiger partial charge in [-0.1, -0.05) is 0 Å². The normalized spacial score (nSPS) is 13.6. The molecule has 0 radical (unpaired) electrons. The Morgan fingerprint density at radius 3 is 2.12 bits per heavy atom. The molecular formula is C22H29N5O7. The lowest BCUT2D eigenvalue weighted by Crippen LogP contribution is -2.49. The summed E-state index contributed by atoms with van der Waals surface area (Å²) in [4.78, 5) is 63.0. The van der Waals surface area contributed by atoms with Crippen molar-refractivity contribution in [2.75, 3.05) is 50.9 Å². The minimum atomic E-state index is -0.904. The van der Waals surface area contributed by atoms with Crippen LogP contribution in [-0.4, -0.2) is 83.5 Å². The number of hydrogen-bond acceptors (Lipinski definition) is 10. The Bertz CT molecular complexity index is 1140. The van der Waals surface area contributed by atoms with Crippen LogP contribution >= 0.6 is 0 Å². The van der Waals surface area contributed by atoms with Crippen molar-refractivity contribution in [3.8, 4) is 0 Å². The lowest BCUT2D eigenvalue weighted by Gasteiger charge is -2.34. The van der Waals surface area contributed by atoms with Crippen molar-refractivity contribution in [2.24, 2.45) is 0 Å². The number of esters is 2. The molecule has 0 aliphatic carbocycles. The van der Waals surface area contributed by atoms with Gasteiger partial charge in [0, 0.05) is 38.9 Å². The van der Waals surface area contributed by atoms with Gasteiger partial charge in [-0.15, -0.1) is 0 Å². The largest absolute Gasteiger partial charge is 0.462 e. The Labute approximate surface area is 196 Å². The molecule has 12 nitrogen and oxygen atoms in total. The van der Waals surface area contributed by atoms with Crippen LogP contribution in [0.25, 0.3) is 11.0 Å². The Morgan fingerprint density at radius 1 is 0.912 bits per heavy atom. The summed E-state index contributed by atoms with van der Waals surface area (Å²) in [5, 5.41) is 0.0897. The van der Waals surface area contributed by atoms with Crippen LogP contribution in [0.1, 0.15) is 48.5 Å². The Balaban J connectivity index is 2.08. The average Bonchev–Trinajstić information content (AvgIpc) is 2.84. The molecular weight excluding hydrogens is 446 g/mol. The summed E-state index contributed by atoms with van der Waals surface area (Å²) in [7, 11) is 0. The number of piperazine rings is 1. The highest BCUT2D eigenvalue weighted by atomic mass is 16.6. The highest BCUT2D eigenvalue weighted by Crippen LogP contribution is 2.20. The number of fused-ring (bicyclic) bond motifs is 1. The SMILES string of the molecule is CCOC(=O)c1c(C(=O)OCC)n(CC)c2nc(N3CCN(C(=O)OCC)CC3)ncc2c1=O. The first-order chi connectivity index (χ1) is 16.4. The molecule has 0 N–H and O–H groups in total. The molecule has 3 rings (SSSR count). The molecule has 1 amide bonds. The number of anilines is 1. The molecule has 0 atom stereocenters. The number of ether oxygens (including phenoxy) is 3. The fourth-order valence-electron chi connectivity index (χ4n) is 3.78. The number of aryl methyl sites for hydroxylation is 1. The third-order valence-corrected chi connectivity index (χ3v) is 5.34. The zero-order valence-electron chi connectivity index (χ0n) is 19.8. The lowest BCUT2D eigenvalue weighted by atomic mass is 10.1. The average molecular weight is 476 g/mol. The van der Waals surface area contributed by atoms with E-state index < -0.39 is 22.9 Å². The molecule has 0 aromatic carbocycles. The first-order valence-electron chi connectivity index (χ1n) is 11.3. The van der Waals surface area contributed by atoms with Gasteiger partial charge in [0.15, 0.2) is 0 Å². The number of carbonyl (C=O) groups excluding carboxylic acids is 3. The van der Waals surface area contributed by atoms with Crippen LogP contribution in [0, 0.1) is 0 Å². The molecule has 34 heavy (non-hydrogen) atoms. The summed E-state index contributed by atoms with van der Waals surface area (Å²) in [5.41, 5.74) is -1.08. The second kappa shape index (κ2) is 10.9. The van der Waals surface area contributed by atoms with Crippen molar-refractivity contribution in [3.63, 3.8) is 0 Å². The van der Waals surface area contributed by atoms with Crippen molar-refractivity contribution >= 4 is 35.0 Å². The zero-order valence-corrected chi connectivity index (χ0v) is 19.8. The van der Waals surface area contributed by atoms with E-state index >= 15 is 0 Å². The van der Waals surface area contributed by atoms with Crippen molar-refractivity contribution in [1.29, 1.82) is 0 Å². The molecule has 2 aromatic heterocycles. The van der Waals surface area contributed by atoms with E-state index in [2.05, 4.69) is 9.97 Å². The molecule has 12 heteroatoms. The molecule has 184 valence electrons.